The van der Waals surface area contributed by atoms with Gasteiger partial charge in [0.05, 0.1) is 0 Å². The lowest BCUT2D eigenvalue weighted by Crippen LogP contribution is -2.36. The minimum absolute atomic E-state index is 0.0909. The number of carbonyl (C=O) groups excluding carboxylic acids is 1. The van der Waals surface area contributed by atoms with Gasteiger partial charge in [0.2, 0.25) is 0 Å². The first-order chi connectivity index (χ1) is 13.0. The number of ether oxygens (including phenoxy) is 1. The molecule has 0 bridgehead atoms. The van der Waals surface area contributed by atoms with Crippen LogP contribution in [-0.4, -0.2) is 30.0 Å². The Balaban J connectivity index is 1.57. The summed E-state index contributed by atoms with van der Waals surface area (Å²) in [5, 5.41) is 3.04. The van der Waals surface area contributed by atoms with Crippen molar-refractivity contribution in [2.24, 2.45) is 0 Å². The lowest BCUT2D eigenvalue weighted by atomic mass is 10.1. The quantitative estimate of drug-likeness (QED) is 0.806. The third-order valence-electron chi connectivity index (χ3n) is 5.39. The van der Waals surface area contributed by atoms with Gasteiger partial charge in [0.25, 0.3) is 5.91 Å². The van der Waals surface area contributed by atoms with Gasteiger partial charge in [-0.05, 0) is 75.0 Å². The first kappa shape index (κ1) is 19.4. The maximum atomic E-state index is 12.5. The van der Waals surface area contributed by atoms with Crippen LogP contribution < -0.4 is 10.1 Å². The Morgan fingerprint density at radius 3 is 2.52 bits per heavy atom. The Kier molecular flexibility index (Phi) is 6.51. The summed E-state index contributed by atoms with van der Waals surface area (Å²) >= 11 is 0. The predicted molar refractivity (Wildman–Crippen MR) is 109 cm³/mol. The van der Waals surface area contributed by atoms with Crippen molar-refractivity contribution < 1.29 is 9.53 Å². The highest BCUT2D eigenvalue weighted by atomic mass is 16.5. The molecule has 1 aliphatic heterocycles. The van der Waals surface area contributed by atoms with Crippen molar-refractivity contribution in [3.63, 3.8) is 0 Å². The van der Waals surface area contributed by atoms with Gasteiger partial charge >= 0.3 is 0 Å². The van der Waals surface area contributed by atoms with Crippen LogP contribution >= 0.6 is 0 Å². The molecule has 0 saturated carbocycles. The summed E-state index contributed by atoms with van der Waals surface area (Å²) in [6.07, 6.45) is 2.04. The summed E-state index contributed by atoms with van der Waals surface area (Å²) in [7, 11) is 0. The van der Waals surface area contributed by atoms with Gasteiger partial charge in [0.1, 0.15) is 5.75 Å². The molecule has 3 rings (SSSR count). The summed E-state index contributed by atoms with van der Waals surface area (Å²) in [6, 6.07) is 14.3. The van der Waals surface area contributed by atoms with Crippen LogP contribution in [-0.2, 0) is 17.9 Å². The van der Waals surface area contributed by atoms with Gasteiger partial charge in [-0.1, -0.05) is 36.4 Å². The fourth-order valence-corrected chi connectivity index (χ4v) is 3.49. The largest absolute Gasteiger partial charge is 0.481 e. The molecule has 1 N–H and O–H groups in total. The average Bonchev–Trinajstić information content (AvgIpc) is 3.17. The number of amides is 1. The molecule has 1 atom stereocenters. The molecule has 0 spiro atoms. The van der Waals surface area contributed by atoms with Gasteiger partial charge in [0, 0.05) is 13.1 Å². The zero-order valence-corrected chi connectivity index (χ0v) is 16.6. The lowest BCUT2D eigenvalue weighted by Gasteiger charge is -2.19. The molecule has 27 heavy (non-hydrogen) atoms. The maximum Gasteiger partial charge on any atom is 0.261 e. The van der Waals surface area contributed by atoms with Gasteiger partial charge in [-0.2, -0.15) is 0 Å². The molecular weight excluding hydrogens is 336 g/mol. The number of benzene rings is 2. The van der Waals surface area contributed by atoms with Crippen LogP contribution in [0, 0.1) is 13.8 Å². The van der Waals surface area contributed by atoms with E-state index in [4.69, 9.17) is 4.74 Å². The van der Waals surface area contributed by atoms with Crippen LogP contribution in [0.2, 0.25) is 0 Å². The number of hydrogen-bond donors (Lipinski definition) is 1. The number of rotatable bonds is 7. The molecule has 4 nitrogen and oxygen atoms in total. The molecule has 1 fully saturated rings. The minimum atomic E-state index is -0.531. The zero-order valence-electron chi connectivity index (χ0n) is 16.6. The highest BCUT2D eigenvalue weighted by molar-refractivity contribution is 5.80. The second kappa shape index (κ2) is 9.05. The summed E-state index contributed by atoms with van der Waals surface area (Å²) in [6.45, 7) is 9.69. The van der Waals surface area contributed by atoms with Crippen molar-refractivity contribution in [3.05, 3.63) is 64.7 Å². The van der Waals surface area contributed by atoms with E-state index in [1.807, 2.05) is 38.1 Å². The van der Waals surface area contributed by atoms with Gasteiger partial charge < -0.3 is 10.1 Å². The third-order valence-corrected chi connectivity index (χ3v) is 5.39. The van der Waals surface area contributed by atoms with E-state index >= 15 is 0 Å². The molecule has 144 valence electrons. The highest BCUT2D eigenvalue weighted by Gasteiger charge is 2.17. The zero-order chi connectivity index (χ0) is 19.2. The first-order valence-electron chi connectivity index (χ1n) is 9.84. The van der Waals surface area contributed by atoms with Crippen LogP contribution in [0.1, 0.15) is 42.0 Å². The number of nitrogens with one attached hydrogen (secondary N) is 1. The Morgan fingerprint density at radius 1 is 1.07 bits per heavy atom. The van der Waals surface area contributed by atoms with E-state index < -0.39 is 6.10 Å². The normalized spacial score (nSPS) is 15.5. The molecule has 1 amide bonds. The molecule has 2 aromatic carbocycles. The van der Waals surface area contributed by atoms with Crippen LogP contribution in [0.25, 0.3) is 0 Å². The number of likely N-dealkylation sites (tertiary alicyclic amines) is 1. The molecule has 1 saturated heterocycles. The molecule has 0 aromatic heterocycles. The van der Waals surface area contributed by atoms with Crippen molar-refractivity contribution in [3.8, 4) is 5.75 Å². The molecule has 1 aliphatic rings. The van der Waals surface area contributed by atoms with E-state index in [-0.39, 0.29) is 5.91 Å². The SMILES string of the molecule is Cc1cccc(O[C@H](C)C(=O)NCc2ccccc2CN2CCCC2)c1C. The van der Waals surface area contributed by atoms with Gasteiger partial charge in [0.15, 0.2) is 6.10 Å². The van der Waals surface area contributed by atoms with Gasteiger partial charge in [-0.25, -0.2) is 0 Å². The van der Waals surface area contributed by atoms with Crippen molar-refractivity contribution in [2.45, 2.75) is 52.8 Å². The Morgan fingerprint density at radius 2 is 1.78 bits per heavy atom. The topological polar surface area (TPSA) is 41.6 Å². The molecule has 0 unspecified atom stereocenters. The summed E-state index contributed by atoms with van der Waals surface area (Å²) < 4.78 is 5.89. The van der Waals surface area contributed by atoms with Crippen LogP contribution in [0.4, 0.5) is 0 Å². The van der Waals surface area contributed by atoms with E-state index in [1.54, 1.807) is 6.92 Å². The van der Waals surface area contributed by atoms with Crippen molar-refractivity contribution in [1.82, 2.24) is 10.2 Å². The number of hydrogen-bond acceptors (Lipinski definition) is 3. The number of aryl methyl sites for hydroxylation is 1. The van der Waals surface area contributed by atoms with Crippen molar-refractivity contribution in [2.75, 3.05) is 13.1 Å². The molecule has 0 radical (unpaired) electrons. The lowest BCUT2D eigenvalue weighted by molar-refractivity contribution is -0.127. The monoisotopic (exact) mass is 366 g/mol. The van der Waals surface area contributed by atoms with Gasteiger partial charge in [-0.15, -0.1) is 0 Å². The minimum Gasteiger partial charge on any atom is -0.481 e. The highest BCUT2D eigenvalue weighted by Crippen LogP contribution is 2.22. The van der Waals surface area contributed by atoms with E-state index in [2.05, 4.69) is 28.4 Å². The van der Waals surface area contributed by atoms with Gasteiger partial charge in [-0.3, -0.25) is 9.69 Å². The second-order valence-electron chi connectivity index (χ2n) is 7.43. The Bertz CT molecular complexity index is 782. The van der Waals surface area contributed by atoms with Crippen LogP contribution in [0.15, 0.2) is 42.5 Å². The second-order valence-corrected chi connectivity index (χ2v) is 7.43. The average molecular weight is 367 g/mol. The Labute approximate surface area is 162 Å². The van der Waals surface area contributed by atoms with Crippen molar-refractivity contribution in [1.29, 1.82) is 0 Å². The van der Waals surface area contributed by atoms with Crippen LogP contribution in [0.3, 0.4) is 0 Å². The fraction of sp³-hybridized carbons (Fsp3) is 0.435. The standard InChI is InChI=1S/C23H30N2O2/c1-17-9-8-12-22(18(17)2)27-19(3)23(26)24-15-20-10-4-5-11-21(20)16-25-13-6-7-14-25/h4-5,8-12,19H,6-7,13-16H2,1-3H3,(H,24,26)/t19-/m1/s1. The summed E-state index contributed by atoms with van der Waals surface area (Å²) in [5.41, 5.74) is 4.71. The van der Waals surface area contributed by atoms with Crippen molar-refractivity contribution >= 4 is 5.91 Å². The van der Waals surface area contributed by atoms with E-state index in [1.165, 1.54) is 37.1 Å². The van der Waals surface area contributed by atoms with E-state index in [0.717, 1.165) is 23.4 Å². The summed E-state index contributed by atoms with van der Waals surface area (Å²) in [4.78, 5) is 15.0. The van der Waals surface area contributed by atoms with E-state index in [0.29, 0.717) is 6.54 Å². The molecule has 0 aliphatic carbocycles. The maximum absolute atomic E-state index is 12.5. The summed E-state index contributed by atoms with van der Waals surface area (Å²) in [5.74, 6) is 0.680. The smallest absolute Gasteiger partial charge is 0.261 e. The molecule has 1 heterocycles. The molecule has 2 aromatic rings. The van der Waals surface area contributed by atoms with Crippen LogP contribution in [0.5, 0.6) is 5.75 Å². The Hall–Kier alpha value is -2.33. The predicted octanol–water partition coefficient (Wildman–Crippen LogP) is 3.98. The third kappa shape index (κ3) is 5.10. The fourth-order valence-electron chi connectivity index (χ4n) is 3.49. The molecular formula is C23H30N2O2. The number of nitrogens with zero attached hydrogens (tertiary/aromatic N) is 1. The van der Waals surface area contributed by atoms with E-state index in [9.17, 15) is 4.79 Å². The first-order valence-corrected chi connectivity index (χ1v) is 9.84. The molecule has 4 heteroatoms. The number of carbonyl (C=O) groups is 1.